The summed E-state index contributed by atoms with van der Waals surface area (Å²) < 4.78 is 0. The van der Waals surface area contributed by atoms with Gasteiger partial charge in [-0.05, 0) is 73.2 Å². The molecule has 33 heavy (non-hydrogen) atoms. The van der Waals surface area contributed by atoms with Crippen LogP contribution in [0.15, 0.2) is 78.9 Å². The van der Waals surface area contributed by atoms with Gasteiger partial charge in [0.2, 0.25) is 11.8 Å². The van der Waals surface area contributed by atoms with Gasteiger partial charge in [-0.1, -0.05) is 48.0 Å². The van der Waals surface area contributed by atoms with Crippen molar-refractivity contribution in [2.45, 2.75) is 25.2 Å². The van der Waals surface area contributed by atoms with Crippen molar-refractivity contribution in [3.63, 3.8) is 0 Å². The Kier molecular flexibility index (Phi) is 5.73. The van der Waals surface area contributed by atoms with Gasteiger partial charge in [-0.25, -0.2) is 0 Å². The summed E-state index contributed by atoms with van der Waals surface area (Å²) in [6, 6.07) is 23.7. The van der Waals surface area contributed by atoms with Crippen LogP contribution in [-0.2, 0) is 9.59 Å². The molecule has 6 heteroatoms. The first-order chi connectivity index (χ1) is 16.0. The van der Waals surface area contributed by atoms with Crippen molar-refractivity contribution in [1.29, 1.82) is 0 Å². The lowest BCUT2D eigenvalue weighted by Crippen LogP contribution is -2.31. The number of benzene rings is 3. The molecule has 2 aliphatic rings. The molecule has 3 aromatic rings. The third-order valence-electron chi connectivity index (χ3n) is 6.67. The molecule has 0 radical (unpaired) electrons. The molecule has 1 saturated heterocycles. The quantitative estimate of drug-likeness (QED) is 0.512. The van der Waals surface area contributed by atoms with E-state index < -0.39 is 0 Å². The van der Waals surface area contributed by atoms with Crippen molar-refractivity contribution in [3.05, 3.63) is 95.0 Å². The maximum absolute atomic E-state index is 13.3. The number of rotatable bonds is 4. The highest BCUT2D eigenvalue weighted by Gasteiger charge is 2.50. The van der Waals surface area contributed by atoms with Crippen LogP contribution in [0.2, 0.25) is 5.02 Å². The van der Waals surface area contributed by atoms with Gasteiger partial charge in [0.15, 0.2) is 0 Å². The Hall–Kier alpha value is -3.44. The molecule has 3 unspecified atom stereocenters. The summed E-state index contributed by atoms with van der Waals surface area (Å²) in [7, 11) is 0. The number of halogens is 1. The van der Waals surface area contributed by atoms with Gasteiger partial charge in [0.05, 0.1) is 17.5 Å². The molecule has 166 valence electrons. The molecular formula is C27H23ClN2O3. The number of carbonyl (C=O) groups is 3. The maximum Gasteiger partial charge on any atom is 0.255 e. The van der Waals surface area contributed by atoms with Gasteiger partial charge >= 0.3 is 0 Å². The summed E-state index contributed by atoms with van der Waals surface area (Å²) in [5, 5.41) is 3.39. The number of fused-ring (bicyclic) bond motifs is 1. The Labute approximate surface area is 197 Å². The number of amides is 3. The summed E-state index contributed by atoms with van der Waals surface area (Å²) >= 11 is 5.90. The Morgan fingerprint density at radius 3 is 2.33 bits per heavy atom. The van der Waals surface area contributed by atoms with Crippen LogP contribution < -0.4 is 10.2 Å². The van der Waals surface area contributed by atoms with Crippen molar-refractivity contribution in [1.82, 2.24) is 0 Å². The number of nitrogens with zero attached hydrogens (tertiary/aromatic N) is 1. The van der Waals surface area contributed by atoms with Crippen molar-refractivity contribution < 1.29 is 14.4 Å². The Balaban J connectivity index is 1.35. The second kappa shape index (κ2) is 8.83. The van der Waals surface area contributed by atoms with E-state index in [1.165, 1.54) is 10.5 Å². The fourth-order valence-corrected chi connectivity index (χ4v) is 5.11. The summed E-state index contributed by atoms with van der Waals surface area (Å²) in [4.78, 5) is 40.5. The third kappa shape index (κ3) is 4.16. The van der Waals surface area contributed by atoms with E-state index in [1.807, 2.05) is 18.2 Å². The molecule has 2 fully saturated rings. The van der Waals surface area contributed by atoms with E-state index >= 15 is 0 Å². The highest BCUT2D eigenvalue weighted by Crippen LogP contribution is 2.45. The number of imide groups is 1. The Morgan fingerprint density at radius 1 is 0.848 bits per heavy atom. The van der Waals surface area contributed by atoms with E-state index in [4.69, 9.17) is 11.6 Å². The fourth-order valence-electron chi connectivity index (χ4n) is 4.98. The van der Waals surface area contributed by atoms with E-state index in [-0.39, 0.29) is 35.5 Å². The number of hydrogen-bond acceptors (Lipinski definition) is 3. The van der Waals surface area contributed by atoms with E-state index in [1.54, 1.807) is 48.5 Å². The van der Waals surface area contributed by atoms with Gasteiger partial charge in [0.1, 0.15) is 0 Å². The van der Waals surface area contributed by atoms with E-state index in [9.17, 15) is 14.4 Å². The van der Waals surface area contributed by atoms with Crippen LogP contribution in [0.1, 0.15) is 41.1 Å². The van der Waals surface area contributed by atoms with Crippen molar-refractivity contribution in [3.8, 4) is 0 Å². The number of carbonyl (C=O) groups excluding carboxylic acids is 3. The second-order valence-corrected chi connectivity index (χ2v) is 9.09. The number of anilines is 2. The number of nitrogens with one attached hydrogen (secondary N) is 1. The van der Waals surface area contributed by atoms with Gasteiger partial charge in [0, 0.05) is 16.3 Å². The molecule has 5 rings (SSSR count). The predicted molar refractivity (Wildman–Crippen MR) is 128 cm³/mol. The third-order valence-corrected chi connectivity index (χ3v) is 6.92. The van der Waals surface area contributed by atoms with Crippen molar-refractivity contribution in [2.24, 2.45) is 11.8 Å². The zero-order chi connectivity index (χ0) is 22.9. The molecule has 0 bridgehead atoms. The standard InChI is InChI=1S/C27H23ClN2O3/c28-20-10-12-21(13-11-20)29-25(31)19-7-4-8-22(15-19)30-26(32)23-14-9-18(16-24(23)27(30)33)17-5-2-1-3-6-17/h1-8,10-13,15,18,23-24H,9,14,16H2,(H,29,31). The zero-order valence-electron chi connectivity index (χ0n) is 17.9. The van der Waals surface area contributed by atoms with Gasteiger partial charge in [-0.3, -0.25) is 19.3 Å². The van der Waals surface area contributed by atoms with E-state index in [0.717, 1.165) is 6.42 Å². The van der Waals surface area contributed by atoms with Gasteiger partial charge < -0.3 is 5.32 Å². The van der Waals surface area contributed by atoms with Crippen LogP contribution in [-0.4, -0.2) is 17.7 Å². The molecule has 1 saturated carbocycles. The average Bonchev–Trinajstić information content (AvgIpc) is 3.10. The van der Waals surface area contributed by atoms with Crippen molar-refractivity contribution in [2.75, 3.05) is 10.2 Å². The largest absolute Gasteiger partial charge is 0.322 e. The molecule has 0 aromatic heterocycles. The molecule has 1 aliphatic heterocycles. The monoisotopic (exact) mass is 458 g/mol. The van der Waals surface area contributed by atoms with Gasteiger partial charge in [-0.15, -0.1) is 0 Å². The molecule has 1 aliphatic carbocycles. The molecule has 5 nitrogen and oxygen atoms in total. The topological polar surface area (TPSA) is 66.5 Å². The Morgan fingerprint density at radius 2 is 1.58 bits per heavy atom. The lowest BCUT2D eigenvalue weighted by molar-refractivity contribution is -0.122. The average molecular weight is 459 g/mol. The molecule has 0 spiro atoms. The van der Waals surface area contributed by atoms with Crippen LogP contribution in [0.4, 0.5) is 11.4 Å². The van der Waals surface area contributed by atoms with Crippen LogP contribution >= 0.6 is 11.6 Å². The van der Waals surface area contributed by atoms with E-state index in [2.05, 4.69) is 17.4 Å². The maximum atomic E-state index is 13.3. The lowest BCUT2D eigenvalue weighted by atomic mass is 9.73. The predicted octanol–water partition coefficient (Wildman–Crippen LogP) is 5.67. The smallest absolute Gasteiger partial charge is 0.255 e. The highest BCUT2D eigenvalue weighted by atomic mass is 35.5. The molecule has 1 N–H and O–H groups in total. The highest BCUT2D eigenvalue weighted by molar-refractivity contribution is 6.30. The minimum atomic E-state index is -0.320. The molecule has 3 amide bonds. The molecule has 1 heterocycles. The van der Waals surface area contributed by atoms with Crippen LogP contribution in [0, 0.1) is 11.8 Å². The number of hydrogen-bond donors (Lipinski definition) is 1. The minimum absolute atomic E-state index is 0.160. The lowest BCUT2D eigenvalue weighted by Gasteiger charge is -2.28. The summed E-state index contributed by atoms with van der Waals surface area (Å²) in [5.41, 5.74) is 2.65. The van der Waals surface area contributed by atoms with Crippen LogP contribution in [0.3, 0.4) is 0 Å². The first-order valence-electron chi connectivity index (χ1n) is 11.1. The fraction of sp³-hybridized carbons (Fsp3) is 0.222. The summed E-state index contributed by atoms with van der Waals surface area (Å²) in [6.45, 7) is 0. The van der Waals surface area contributed by atoms with Crippen LogP contribution in [0.5, 0.6) is 0 Å². The summed E-state index contributed by atoms with van der Waals surface area (Å²) in [6.07, 6.45) is 2.26. The van der Waals surface area contributed by atoms with Gasteiger partial charge in [-0.2, -0.15) is 0 Å². The first kappa shape index (κ1) is 21.4. The zero-order valence-corrected chi connectivity index (χ0v) is 18.7. The minimum Gasteiger partial charge on any atom is -0.322 e. The normalized spacial score (nSPS) is 22.2. The molecule has 3 aromatic carbocycles. The van der Waals surface area contributed by atoms with Crippen LogP contribution in [0.25, 0.3) is 0 Å². The molecule has 3 atom stereocenters. The Bertz CT molecular complexity index is 1210. The van der Waals surface area contributed by atoms with E-state index in [0.29, 0.717) is 34.8 Å². The van der Waals surface area contributed by atoms with Gasteiger partial charge in [0.25, 0.3) is 5.91 Å². The van der Waals surface area contributed by atoms with Crippen molar-refractivity contribution >= 4 is 40.7 Å². The SMILES string of the molecule is O=C(Nc1ccc(Cl)cc1)c1cccc(N2C(=O)C3CCC(c4ccccc4)CC3C2=O)c1. The molecular weight excluding hydrogens is 436 g/mol. The second-order valence-electron chi connectivity index (χ2n) is 8.66. The first-order valence-corrected chi connectivity index (χ1v) is 11.5. The summed E-state index contributed by atoms with van der Waals surface area (Å²) in [5.74, 6) is -0.972.